The molecule has 0 aromatic heterocycles. The molecule has 0 bridgehead atoms. The smallest absolute Gasteiger partial charge is 0.343 e. The Bertz CT molecular complexity index is 1430. The van der Waals surface area contributed by atoms with Crippen molar-refractivity contribution in [3.05, 3.63) is 115 Å². The van der Waals surface area contributed by atoms with E-state index in [-0.39, 0.29) is 23.7 Å². The van der Waals surface area contributed by atoms with Crippen molar-refractivity contribution in [2.75, 3.05) is 13.2 Å². The Morgan fingerprint density at radius 1 is 0.707 bits per heavy atom. The summed E-state index contributed by atoms with van der Waals surface area (Å²) in [5.41, 5.74) is 1.61. The number of carbonyl (C=O) groups excluding carboxylic acids is 4. The van der Waals surface area contributed by atoms with E-state index in [0.29, 0.717) is 30.1 Å². The first-order valence-electron chi connectivity index (χ1n) is 12.5. The van der Waals surface area contributed by atoms with Crippen LogP contribution in [0.2, 0.25) is 0 Å². The van der Waals surface area contributed by atoms with Crippen LogP contribution >= 0.6 is 0 Å². The molecule has 0 atom stereocenters. The topological polar surface area (TPSA) is 114 Å². The largest absolute Gasteiger partial charge is 0.493 e. The molecular weight excluding hydrogens is 528 g/mol. The summed E-state index contributed by atoms with van der Waals surface area (Å²) in [4.78, 5) is 47.1. The molecule has 0 spiro atoms. The number of hydrogen-bond donors (Lipinski definition) is 0. The molecule has 0 unspecified atom stereocenters. The van der Waals surface area contributed by atoms with Gasteiger partial charge in [0, 0.05) is 24.6 Å². The highest BCUT2D eigenvalue weighted by molar-refractivity contribution is 5.92. The fourth-order valence-electron chi connectivity index (χ4n) is 3.25. The van der Waals surface area contributed by atoms with Crippen LogP contribution in [0.3, 0.4) is 0 Å². The molecule has 0 saturated heterocycles. The van der Waals surface area contributed by atoms with Crippen LogP contribution in [0.15, 0.2) is 98.1 Å². The molecule has 0 heterocycles. The minimum Gasteiger partial charge on any atom is -0.493 e. The molecule has 0 saturated carbocycles. The second kappa shape index (κ2) is 15.2. The van der Waals surface area contributed by atoms with Gasteiger partial charge < -0.3 is 23.7 Å². The molecule has 0 amide bonds. The zero-order valence-corrected chi connectivity index (χ0v) is 22.4. The van der Waals surface area contributed by atoms with Crippen LogP contribution in [0.4, 0.5) is 0 Å². The summed E-state index contributed by atoms with van der Waals surface area (Å²) in [5, 5.41) is 0. The number of aryl methyl sites for hydroxylation is 1. The number of esters is 4. The minimum atomic E-state index is -0.607. The number of ether oxygens (including phenoxy) is 5. The number of benzene rings is 3. The van der Waals surface area contributed by atoms with Crippen molar-refractivity contribution in [2.45, 2.75) is 13.3 Å². The molecule has 0 aliphatic heterocycles. The lowest BCUT2D eigenvalue weighted by Crippen LogP contribution is -2.09. The summed E-state index contributed by atoms with van der Waals surface area (Å²) in [7, 11) is 0. The van der Waals surface area contributed by atoms with Gasteiger partial charge in [0.25, 0.3) is 0 Å². The van der Waals surface area contributed by atoms with Gasteiger partial charge in [-0.15, -0.1) is 0 Å². The van der Waals surface area contributed by atoms with Gasteiger partial charge in [-0.05, 0) is 78.7 Å². The Morgan fingerprint density at radius 3 is 2.02 bits per heavy atom. The van der Waals surface area contributed by atoms with Gasteiger partial charge in [-0.1, -0.05) is 25.3 Å². The average molecular weight is 557 g/mol. The second-order valence-electron chi connectivity index (χ2n) is 8.36. The first-order valence-corrected chi connectivity index (χ1v) is 12.5. The molecule has 41 heavy (non-hydrogen) atoms. The van der Waals surface area contributed by atoms with Gasteiger partial charge in [0.15, 0.2) is 0 Å². The summed E-state index contributed by atoms with van der Waals surface area (Å²) >= 11 is 0. The van der Waals surface area contributed by atoms with E-state index in [9.17, 15) is 19.2 Å². The Morgan fingerprint density at radius 2 is 1.37 bits per heavy atom. The predicted molar refractivity (Wildman–Crippen MR) is 151 cm³/mol. The minimum absolute atomic E-state index is 0.244. The lowest BCUT2D eigenvalue weighted by atomic mass is 10.2. The van der Waals surface area contributed by atoms with Gasteiger partial charge in [0.1, 0.15) is 23.0 Å². The zero-order valence-electron chi connectivity index (χ0n) is 22.4. The van der Waals surface area contributed by atoms with Crippen LogP contribution in [0, 0.1) is 6.92 Å². The van der Waals surface area contributed by atoms with Crippen LogP contribution in [0.1, 0.15) is 27.9 Å². The average Bonchev–Trinajstić information content (AvgIpc) is 2.98. The van der Waals surface area contributed by atoms with Crippen LogP contribution in [0.25, 0.3) is 6.08 Å². The van der Waals surface area contributed by atoms with Gasteiger partial charge in [-0.3, -0.25) is 0 Å². The van der Waals surface area contributed by atoms with Gasteiger partial charge in [0.2, 0.25) is 0 Å². The third-order valence-corrected chi connectivity index (χ3v) is 5.30. The highest BCUT2D eigenvalue weighted by Crippen LogP contribution is 2.25. The van der Waals surface area contributed by atoms with E-state index < -0.39 is 23.9 Å². The molecule has 210 valence electrons. The monoisotopic (exact) mass is 556 g/mol. The lowest BCUT2D eigenvalue weighted by Gasteiger charge is -2.09. The Labute approximate surface area is 237 Å². The third-order valence-electron chi connectivity index (χ3n) is 5.30. The molecule has 3 aromatic carbocycles. The maximum absolute atomic E-state index is 12.5. The summed E-state index contributed by atoms with van der Waals surface area (Å²) < 4.78 is 26.3. The normalized spacial score (nSPS) is 10.4. The van der Waals surface area contributed by atoms with Crippen molar-refractivity contribution in [2.24, 2.45) is 0 Å². The molecule has 0 N–H and O–H groups in total. The second-order valence-corrected chi connectivity index (χ2v) is 8.36. The Balaban J connectivity index is 1.47. The summed E-state index contributed by atoms with van der Waals surface area (Å²) in [6.07, 6.45) is 5.59. The summed E-state index contributed by atoms with van der Waals surface area (Å²) in [6.45, 7) is 8.99. The van der Waals surface area contributed by atoms with Gasteiger partial charge in [0.05, 0.1) is 18.8 Å². The van der Waals surface area contributed by atoms with Gasteiger partial charge >= 0.3 is 23.9 Å². The maximum atomic E-state index is 12.5. The van der Waals surface area contributed by atoms with Crippen molar-refractivity contribution >= 4 is 30.0 Å². The quantitative estimate of drug-likeness (QED) is 0.118. The SMILES string of the molecule is C=CC(=O)OCCCOc1ccc(/C=C/C(=O)Oc2ccc(OC(=O)c3ccc(OC(=O)C=C)cc3)cc2C)cc1. The fourth-order valence-corrected chi connectivity index (χ4v) is 3.25. The van der Waals surface area contributed by atoms with E-state index in [0.717, 1.165) is 17.7 Å². The highest BCUT2D eigenvalue weighted by Gasteiger charge is 2.12. The van der Waals surface area contributed by atoms with Crippen molar-refractivity contribution < 1.29 is 42.9 Å². The Hall–Kier alpha value is -5.44. The van der Waals surface area contributed by atoms with Crippen LogP contribution in [-0.2, 0) is 19.1 Å². The van der Waals surface area contributed by atoms with Crippen molar-refractivity contribution in [3.63, 3.8) is 0 Å². The van der Waals surface area contributed by atoms with Crippen LogP contribution < -0.4 is 18.9 Å². The van der Waals surface area contributed by atoms with E-state index in [2.05, 4.69) is 13.2 Å². The first kappa shape index (κ1) is 30.1. The molecule has 0 aliphatic carbocycles. The molecular formula is C32H28O9. The standard InChI is InChI=1S/C32H28O9/c1-4-29(33)38-20-6-19-37-25-12-7-23(8-13-25)9-18-31(35)41-28-17-16-27(21-22(28)3)40-32(36)24-10-14-26(15-11-24)39-30(34)5-2/h4-5,7-18,21H,1-2,6,19-20H2,3H3/b18-9+. The number of rotatable bonds is 13. The van der Waals surface area contributed by atoms with E-state index in [1.54, 1.807) is 43.3 Å². The van der Waals surface area contributed by atoms with Crippen LogP contribution in [0.5, 0.6) is 23.0 Å². The summed E-state index contributed by atoms with van der Waals surface area (Å²) in [5.74, 6) is -0.767. The van der Waals surface area contributed by atoms with Crippen molar-refractivity contribution in [1.29, 1.82) is 0 Å². The van der Waals surface area contributed by atoms with E-state index in [1.165, 1.54) is 42.5 Å². The number of hydrogen-bond acceptors (Lipinski definition) is 9. The molecule has 0 fully saturated rings. The summed E-state index contributed by atoms with van der Waals surface area (Å²) in [6, 6.07) is 17.6. The van der Waals surface area contributed by atoms with Gasteiger partial charge in [-0.2, -0.15) is 0 Å². The van der Waals surface area contributed by atoms with E-state index >= 15 is 0 Å². The fraction of sp³-hybridized carbons (Fsp3) is 0.125. The molecule has 0 radical (unpaired) electrons. The van der Waals surface area contributed by atoms with E-state index in [4.69, 9.17) is 23.7 Å². The molecule has 9 heteroatoms. The zero-order chi connectivity index (χ0) is 29.6. The maximum Gasteiger partial charge on any atom is 0.343 e. The molecule has 3 aromatic rings. The lowest BCUT2D eigenvalue weighted by molar-refractivity contribution is -0.138. The number of carbonyl (C=O) groups is 4. The molecule has 0 aliphatic rings. The van der Waals surface area contributed by atoms with Crippen molar-refractivity contribution in [1.82, 2.24) is 0 Å². The van der Waals surface area contributed by atoms with Crippen LogP contribution in [-0.4, -0.2) is 37.1 Å². The first-order chi connectivity index (χ1) is 19.8. The van der Waals surface area contributed by atoms with Crippen molar-refractivity contribution in [3.8, 4) is 23.0 Å². The highest BCUT2D eigenvalue weighted by atomic mass is 16.5. The van der Waals surface area contributed by atoms with E-state index in [1.807, 2.05) is 0 Å². The predicted octanol–water partition coefficient (Wildman–Crippen LogP) is 5.42. The Kier molecular flexibility index (Phi) is 11.2. The van der Waals surface area contributed by atoms with Gasteiger partial charge in [-0.25, -0.2) is 19.2 Å². The molecule has 3 rings (SSSR count). The molecule has 9 nitrogen and oxygen atoms in total. The third kappa shape index (κ3) is 9.99.